The number of hydrogen-bond donors (Lipinski definition) is 3. The van der Waals surface area contributed by atoms with E-state index in [1.54, 1.807) is 14.0 Å². The van der Waals surface area contributed by atoms with E-state index in [2.05, 4.69) is 29.8 Å². The fourth-order valence-electron chi connectivity index (χ4n) is 5.19. The number of carbonyl (C=O) groups is 1. The zero-order valence-corrected chi connectivity index (χ0v) is 22.3. The van der Waals surface area contributed by atoms with Gasteiger partial charge in [-0.05, 0) is 42.2 Å². The van der Waals surface area contributed by atoms with Crippen molar-refractivity contribution in [2.24, 2.45) is 5.41 Å². The van der Waals surface area contributed by atoms with Crippen molar-refractivity contribution >= 4 is 11.7 Å². The van der Waals surface area contributed by atoms with Crippen LogP contribution in [0.25, 0.3) is 0 Å². The van der Waals surface area contributed by atoms with Crippen LogP contribution in [0.1, 0.15) is 50.7 Å². The molecule has 2 aliphatic rings. The first-order valence-corrected chi connectivity index (χ1v) is 12.9. The van der Waals surface area contributed by atoms with Gasteiger partial charge < -0.3 is 34.6 Å². The average molecular weight is 514 g/mol. The third-order valence-electron chi connectivity index (χ3n) is 7.95. The number of aromatic nitrogens is 1. The third-order valence-corrected chi connectivity index (χ3v) is 7.95. The second kappa shape index (κ2) is 10.8. The van der Waals surface area contributed by atoms with Crippen molar-refractivity contribution in [2.75, 3.05) is 44.8 Å². The topological polar surface area (TPSA) is 116 Å². The number of aliphatic hydroxyl groups excluding tert-OH is 3. The predicted molar refractivity (Wildman–Crippen MR) is 140 cm³/mol. The van der Waals surface area contributed by atoms with Crippen molar-refractivity contribution in [1.29, 1.82) is 0 Å². The smallest absolute Gasteiger partial charge is 0.253 e. The van der Waals surface area contributed by atoms with Gasteiger partial charge in [-0.25, -0.2) is 4.98 Å². The van der Waals surface area contributed by atoms with Crippen LogP contribution in [0.5, 0.6) is 11.5 Å². The maximum Gasteiger partial charge on any atom is 0.253 e. The van der Waals surface area contributed by atoms with E-state index in [9.17, 15) is 20.1 Å². The maximum absolute atomic E-state index is 12.6. The fourth-order valence-corrected chi connectivity index (χ4v) is 5.19. The van der Waals surface area contributed by atoms with Gasteiger partial charge in [-0.3, -0.25) is 4.79 Å². The first kappa shape index (κ1) is 27.2. The van der Waals surface area contributed by atoms with E-state index in [1.165, 1.54) is 10.5 Å². The summed E-state index contributed by atoms with van der Waals surface area (Å²) >= 11 is 0. The number of likely N-dealkylation sites (tertiary alicyclic amines) is 1. The summed E-state index contributed by atoms with van der Waals surface area (Å²) in [6.45, 7) is 9.31. The van der Waals surface area contributed by atoms with E-state index in [0.717, 1.165) is 11.4 Å². The molecule has 4 atom stereocenters. The standard InChI is InChI=1S/C28H39N3O6/c1-17(2)20-7-9-26(29-11-20)30-12-21(13-30)37-25-10-19(6-8-24(25)36-5)22-14-31(27(35)23(34)15-32)16-28(22,4)18(3)33/h6-11,17-18,21-23,32-34H,12-16H2,1-5H3/t18-,22+,23+,28+/m1/s1. The number of benzene rings is 1. The van der Waals surface area contributed by atoms with Gasteiger partial charge in [0.2, 0.25) is 0 Å². The second-order valence-electron chi connectivity index (χ2n) is 10.8. The summed E-state index contributed by atoms with van der Waals surface area (Å²) in [6, 6.07) is 9.87. The fraction of sp³-hybridized carbons (Fsp3) is 0.571. The minimum absolute atomic E-state index is 0.0276. The molecule has 0 radical (unpaired) electrons. The summed E-state index contributed by atoms with van der Waals surface area (Å²) in [5.74, 6) is 1.86. The molecule has 2 fully saturated rings. The zero-order chi connectivity index (χ0) is 26.9. The molecule has 0 saturated carbocycles. The van der Waals surface area contributed by atoms with E-state index < -0.39 is 30.1 Å². The molecule has 2 aromatic rings. The summed E-state index contributed by atoms with van der Waals surface area (Å²) in [5.41, 5.74) is 1.48. The number of anilines is 1. The maximum atomic E-state index is 12.6. The lowest BCUT2D eigenvalue weighted by atomic mass is 9.72. The molecule has 1 aromatic carbocycles. The highest BCUT2D eigenvalue weighted by molar-refractivity contribution is 5.81. The third kappa shape index (κ3) is 5.39. The second-order valence-corrected chi connectivity index (χ2v) is 10.8. The Kier molecular flexibility index (Phi) is 7.96. The number of aliphatic hydroxyl groups is 3. The van der Waals surface area contributed by atoms with Gasteiger partial charge in [-0.1, -0.05) is 32.9 Å². The van der Waals surface area contributed by atoms with Gasteiger partial charge >= 0.3 is 0 Å². The van der Waals surface area contributed by atoms with Crippen LogP contribution in [0.15, 0.2) is 36.5 Å². The Morgan fingerprint density at radius 2 is 1.86 bits per heavy atom. The van der Waals surface area contributed by atoms with Crippen molar-refractivity contribution in [3.05, 3.63) is 47.7 Å². The molecule has 202 valence electrons. The Morgan fingerprint density at radius 1 is 1.14 bits per heavy atom. The molecule has 9 nitrogen and oxygen atoms in total. The zero-order valence-electron chi connectivity index (χ0n) is 22.3. The average Bonchev–Trinajstić information content (AvgIpc) is 3.23. The predicted octanol–water partition coefficient (Wildman–Crippen LogP) is 2.15. The highest BCUT2D eigenvalue weighted by Gasteiger charge is 2.49. The van der Waals surface area contributed by atoms with Crippen LogP contribution in [0.2, 0.25) is 0 Å². The van der Waals surface area contributed by atoms with Crippen molar-refractivity contribution in [2.45, 2.75) is 57.8 Å². The van der Waals surface area contributed by atoms with Gasteiger partial charge in [0, 0.05) is 30.6 Å². The van der Waals surface area contributed by atoms with Crippen LogP contribution in [0.4, 0.5) is 5.82 Å². The molecule has 1 amide bonds. The molecule has 0 bridgehead atoms. The summed E-state index contributed by atoms with van der Waals surface area (Å²) in [7, 11) is 1.60. The molecule has 37 heavy (non-hydrogen) atoms. The summed E-state index contributed by atoms with van der Waals surface area (Å²) in [6.07, 6.45) is -0.276. The van der Waals surface area contributed by atoms with Crippen LogP contribution >= 0.6 is 0 Å². The van der Waals surface area contributed by atoms with E-state index >= 15 is 0 Å². The van der Waals surface area contributed by atoms with E-state index in [-0.39, 0.29) is 18.6 Å². The van der Waals surface area contributed by atoms with Gasteiger partial charge in [0.25, 0.3) is 5.91 Å². The molecule has 3 heterocycles. The Bertz CT molecular complexity index is 1090. The number of nitrogens with zero attached hydrogens (tertiary/aromatic N) is 3. The number of amides is 1. The summed E-state index contributed by atoms with van der Waals surface area (Å²) < 4.78 is 11.9. The lowest BCUT2D eigenvalue weighted by molar-refractivity contribution is -0.141. The molecule has 1 aromatic heterocycles. The number of hydrogen-bond acceptors (Lipinski definition) is 8. The van der Waals surface area contributed by atoms with E-state index in [1.807, 2.05) is 37.4 Å². The molecule has 0 spiro atoms. The Labute approximate surface area is 218 Å². The number of carbonyl (C=O) groups excluding carboxylic acids is 1. The van der Waals surface area contributed by atoms with Crippen LogP contribution in [-0.4, -0.2) is 89.3 Å². The van der Waals surface area contributed by atoms with Crippen molar-refractivity contribution in [3.63, 3.8) is 0 Å². The molecule has 2 saturated heterocycles. The van der Waals surface area contributed by atoms with Gasteiger partial charge in [-0.15, -0.1) is 0 Å². The first-order valence-electron chi connectivity index (χ1n) is 12.9. The van der Waals surface area contributed by atoms with Crippen LogP contribution in [-0.2, 0) is 4.79 Å². The van der Waals surface area contributed by atoms with Gasteiger partial charge in [0.1, 0.15) is 11.9 Å². The highest BCUT2D eigenvalue weighted by atomic mass is 16.5. The van der Waals surface area contributed by atoms with Crippen molar-refractivity contribution in [3.8, 4) is 11.5 Å². The minimum atomic E-state index is -1.47. The first-order chi connectivity index (χ1) is 17.6. The molecule has 3 N–H and O–H groups in total. The van der Waals surface area contributed by atoms with E-state index in [4.69, 9.17) is 9.47 Å². The molecule has 0 unspecified atom stereocenters. The lowest BCUT2D eigenvalue weighted by Crippen LogP contribution is -2.54. The van der Waals surface area contributed by atoms with Crippen LogP contribution < -0.4 is 14.4 Å². The number of methoxy groups -OCH3 is 1. The monoisotopic (exact) mass is 513 g/mol. The SMILES string of the molecule is COc1ccc([C@@H]2CN(C(=O)[C@@H](O)CO)C[C@@]2(C)[C@@H](C)O)cc1OC1CN(c2ccc(C(C)C)cn2)C1. The van der Waals surface area contributed by atoms with Crippen LogP contribution in [0.3, 0.4) is 0 Å². The Morgan fingerprint density at radius 3 is 2.43 bits per heavy atom. The van der Waals surface area contributed by atoms with Crippen molar-refractivity contribution in [1.82, 2.24) is 9.88 Å². The molecular weight excluding hydrogens is 474 g/mol. The van der Waals surface area contributed by atoms with Gasteiger partial charge in [0.15, 0.2) is 17.6 Å². The largest absolute Gasteiger partial charge is 0.493 e. The minimum Gasteiger partial charge on any atom is -0.493 e. The van der Waals surface area contributed by atoms with E-state index in [0.29, 0.717) is 37.1 Å². The van der Waals surface area contributed by atoms with Gasteiger partial charge in [-0.2, -0.15) is 0 Å². The quantitative estimate of drug-likeness (QED) is 0.467. The molecule has 2 aliphatic heterocycles. The number of pyridine rings is 1. The number of ether oxygens (including phenoxy) is 2. The van der Waals surface area contributed by atoms with Crippen LogP contribution in [0, 0.1) is 5.41 Å². The Balaban J connectivity index is 1.49. The van der Waals surface area contributed by atoms with Gasteiger partial charge in [0.05, 0.1) is 32.9 Å². The molecule has 4 rings (SSSR count). The lowest BCUT2D eigenvalue weighted by Gasteiger charge is -2.40. The highest BCUT2D eigenvalue weighted by Crippen LogP contribution is 2.47. The summed E-state index contributed by atoms with van der Waals surface area (Å²) in [5, 5.41) is 29.8. The summed E-state index contributed by atoms with van der Waals surface area (Å²) in [4.78, 5) is 20.9. The Hall–Kier alpha value is -2.88. The number of rotatable bonds is 9. The molecule has 9 heteroatoms. The molecule has 0 aliphatic carbocycles. The normalized spacial score (nSPS) is 23.6. The molecular formula is C28H39N3O6. The van der Waals surface area contributed by atoms with Crippen molar-refractivity contribution < 1.29 is 29.6 Å².